The van der Waals surface area contributed by atoms with Gasteiger partial charge in [-0.25, -0.2) is 14.6 Å². The Balaban J connectivity index is 2.81. The molecule has 0 bridgehead atoms. The van der Waals surface area contributed by atoms with E-state index in [9.17, 15) is 9.59 Å². The van der Waals surface area contributed by atoms with Crippen LogP contribution in [0.2, 0.25) is 0 Å². The van der Waals surface area contributed by atoms with Crippen LogP contribution in [-0.4, -0.2) is 28.6 Å². The van der Waals surface area contributed by atoms with Crippen molar-refractivity contribution < 1.29 is 19.4 Å². The van der Waals surface area contributed by atoms with Crippen LogP contribution in [0.4, 0.5) is 0 Å². The fourth-order valence-corrected chi connectivity index (χ4v) is 0.936. The number of carboxylic acids is 1. The molecule has 5 nitrogen and oxygen atoms in total. The number of rotatable bonds is 4. The van der Waals surface area contributed by atoms with Crippen molar-refractivity contribution in [3.63, 3.8) is 0 Å². The van der Waals surface area contributed by atoms with Crippen molar-refractivity contribution in [3.8, 4) is 0 Å². The molecule has 0 saturated heterocycles. The molecule has 80 valence electrons. The lowest BCUT2D eigenvalue weighted by Gasteiger charge is -2.02. The lowest BCUT2D eigenvalue weighted by atomic mass is 10.3. The van der Waals surface area contributed by atoms with Crippen LogP contribution in [0, 0.1) is 0 Å². The summed E-state index contributed by atoms with van der Waals surface area (Å²) >= 11 is 0. The van der Waals surface area contributed by atoms with E-state index in [0.29, 0.717) is 13.0 Å². The minimum Gasteiger partial charge on any atom is -0.477 e. The molecule has 1 aromatic rings. The van der Waals surface area contributed by atoms with Gasteiger partial charge in [-0.05, 0) is 18.6 Å². The monoisotopic (exact) mass is 209 g/mol. The molecule has 0 spiro atoms. The first-order valence-corrected chi connectivity index (χ1v) is 4.52. The van der Waals surface area contributed by atoms with Crippen LogP contribution in [0.3, 0.4) is 0 Å². The molecule has 0 fully saturated rings. The summed E-state index contributed by atoms with van der Waals surface area (Å²) in [6, 6.07) is 4.20. The molecule has 15 heavy (non-hydrogen) atoms. The zero-order valence-electron chi connectivity index (χ0n) is 8.27. The fraction of sp³-hybridized carbons (Fsp3) is 0.300. The van der Waals surface area contributed by atoms with E-state index in [1.807, 2.05) is 6.92 Å². The molecule has 1 heterocycles. The third kappa shape index (κ3) is 3.05. The van der Waals surface area contributed by atoms with Gasteiger partial charge in [0.05, 0.1) is 6.61 Å². The molecule has 1 N–H and O–H groups in total. The normalized spacial score (nSPS) is 9.67. The number of esters is 1. The highest BCUT2D eigenvalue weighted by molar-refractivity contribution is 5.90. The van der Waals surface area contributed by atoms with Crippen molar-refractivity contribution in [2.45, 2.75) is 13.3 Å². The van der Waals surface area contributed by atoms with Gasteiger partial charge in [0.25, 0.3) is 0 Å². The smallest absolute Gasteiger partial charge is 0.356 e. The maximum Gasteiger partial charge on any atom is 0.356 e. The molecule has 0 unspecified atom stereocenters. The molecule has 0 aliphatic rings. The number of pyridine rings is 1. The minimum atomic E-state index is -1.17. The average molecular weight is 209 g/mol. The molecule has 1 rings (SSSR count). The van der Waals surface area contributed by atoms with E-state index < -0.39 is 11.9 Å². The summed E-state index contributed by atoms with van der Waals surface area (Å²) in [6.07, 6.45) is 0.713. The molecular weight excluding hydrogens is 198 g/mol. The van der Waals surface area contributed by atoms with Gasteiger partial charge in [-0.3, -0.25) is 0 Å². The van der Waals surface area contributed by atoms with Gasteiger partial charge in [0.2, 0.25) is 0 Å². The SMILES string of the molecule is CCCOC(=O)c1cccc(C(=O)O)n1. The third-order valence-electron chi connectivity index (χ3n) is 1.61. The molecule has 1 aromatic heterocycles. The number of ether oxygens (including phenoxy) is 1. The van der Waals surface area contributed by atoms with Crippen LogP contribution in [0.5, 0.6) is 0 Å². The third-order valence-corrected chi connectivity index (χ3v) is 1.61. The topological polar surface area (TPSA) is 76.5 Å². The van der Waals surface area contributed by atoms with Crippen LogP contribution >= 0.6 is 0 Å². The number of hydrogen-bond acceptors (Lipinski definition) is 4. The Bertz CT molecular complexity index is 375. The van der Waals surface area contributed by atoms with Crippen molar-refractivity contribution in [2.24, 2.45) is 0 Å². The van der Waals surface area contributed by atoms with Crippen molar-refractivity contribution in [1.29, 1.82) is 0 Å². The Hall–Kier alpha value is -1.91. The molecule has 0 amide bonds. The zero-order chi connectivity index (χ0) is 11.3. The van der Waals surface area contributed by atoms with Crippen LogP contribution in [0.15, 0.2) is 18.2 Å². The number of aromatic nitrogens is 1. The van der Waals surface area contributed by atoms with E-state index in [2.05, 4.69) is 4.98 Å². The van der Waals surface area contributed by atoms with Crippen LogP contribution < -0.4 is 0 Å². The summed E-state index contributed by atoms with van der Waals surface area (Å²) in [5, 5.41) is 8.65. The predicted molar refractivity (Wildman–Crippen MR) is 51.8 cm³/mol. The van der Waals surface area contributed by atoms with Gasteiger partial charge >= 0.3 is 11.9 Å². The maximum absolute atomic E-state index is 11.3. The van der Waals surface area contributed by atoms with Gasteiger partial charge in [-0.15, -0.1) is 0 Å². The Kier molecular flexibility index (Phi) is 3.79. The van der Waals surface area contributed by atoms with E-state index in [-0.39, 0.29) is 11.4 Å². The Morgan fingerprint density at radius 1 is 1.40 bits per heavy atom. The lowest BCUT2D eigenvalue weighted by molar-refractivity contribution is 0.0498. The highest BCUT2D eigenvalue weighted by Crippen LogP contribution is 2.02. The standard InChI is InChI=1S/C10H11NO4/c1-2-6-15-10(14)8-5-3-4-7(11-8)9(12)13/h3-5H,2,6H2,1H3,(H,12,13). The first-order valence-electron chi connectivity index (χ1n) is 4.52. The summed E-state index contributed by atoms with van der Waals surface area (Å²) < 4.78 is 4.82. The van der Waals surface area contributed by atoms with Crippen LogP contribution in [0.1, 0.15) is 34.3 Å². The van der Waals surface area contributed by atoms with E-state index >= 15 is 0 Å². The highest BCUT2D eigenvalue weighted by Gasteiger charge is 2.11. The molecule has 0 aliphatic heterocycles. The summed E-state index contributed by atoms with van der Waals surface area (Å²) in [7, 11) is 0. The van der Waals surface area contributed by atoms with Crippen molar-refractivity contribution in [1.82, 2.24) is 4.98 Å². The van der Waals surface area contributed by atoms with E-state index in [4.69, 9.17) is 9.84 Å². The maximum atomic E-state index is 11.3. The second-order valence-corrected chi connectivity index (χ2v) is 2.85. The quantitative estimate of drug-likeness (QED) is 0.757. The predicted octanol–water partition coefficient (Wildman–Crippen LogP) is 1.35. The molecular formula is C10H11NO4. The summed E-state index contributed by atoms with van der Waals surface area (Å²) in [5.74, 6) is -1.76. The van der Waals surface area contributed by atoms with Gasteiger partial charge < -0.3 is 9.84 Å². The van der Waals surface area contributed by atoms with E-state index in [1.54, 1.807) is 0 Å². The van der Waals surface area contributed by atoms with E-state index in [1.165, 1.54) is 18.2 Å². The second-order valence-electron chi connectivity index (χ2n) is 2.85. The van der Waals surface area contributed by atoms with Gasteiger partial charge in [0, 0.05) is 0 Å². The Morgan fingerprint density at radius 2 is 2.07 bits per heavy atom. The van der Waals surface area contributed by atoms with Crippen LogP contribution in [-0.2, 0) is 4.74 Å². The Morgan fingerprint density at radius 3 is 2.67 bits per heavy atom. The molecule has 0 atom stereocenters. The number of carbonyl (C=O) groups excluding carboxylic acids is 1. The van der Waals surface area contributed by atoms with Gasteiger partial charge in [-0.1, -0.05) is 13.0 Å². The summed E-state index contributed by atoms with van der Waals surface area (Å²) in [4.78, 5) is 25.5. The van der Waals surface area contributed by atoms with E-state index in [0.717, 1.165) is 0 Å². The fourth-order valence-electron chi connectivity index (χ4n) is 0.936. The van der Waals surface area contributed by atoms with Crippen molar-refractivity contribution in [3.05, 3.63) is 29.6 Å². The highest BCUT2D eigenvalue weighted by atomic mass is 16.5. The molecule has 0 radical (unpaired) electrons. The van der Waals surface area contributed by atoms with Gasteiger partial charge in [-0.2, -0.15) is 0 Å². The van der Waals surface area contributed by atoms with Gasteiger partial charge in [0.1, 0.15) is 11.4 Å². The first kappa shape index (κ1) is 11.2. The number of nitrogens with zero attached hydrogens (tertiary/aromatic N) is 1. The molecule has 0 saturated carbocycles. The number of carboxylic acid groups (broad SMARTS) is 1. The number of hydrogen-bond donors (Lipinski definition) is 1. The Labute approximate surface area is 86.7 Å². The number of carbonyl (C=O) groups is 2. The largest absolute Gasteiger partial charge is 0.477 e. The van der Waals surface area contributed by atoms with Crippen LogP contribution in [0.25, 0.3) is 0 Å². The van der Waals surface area contributed by atoms with Crippen molar-refractivity contribution in [2.75, 3.05) is 6.61 Å². The summed E-state index contributed by atoms with van der Waals surface area (Å²) in [5.41, 5.74) is -0.149. The molecule has 0 aliphatic carbocycles. The molecule has 0 aromatic carbocycles. The lowest BCUT2D eigenvalue weighted by Crippen LogP contribution is -2.10. The summed E-state index contributed by atoms with van der Waals surface area (Å²) in [6.45, 7) is 2.17. The average Bonchev–Trinajstić information content (AvgIpc) is 2.26. The minimum absolute atomic E-state index is 0.0170. The zero-order valence-corrected chi connectivity index (χ0v) is 8.27. The number of aromatic carboxylic acids is 1. The first-order chi connectivity index (χ1) is 7.15. The molecule has 5 heteroatoms. The second kappa shape index (κ2) is 5.09. The van der Waals surface area contributed by atoms with Crippen molar-refractivity contribution >= 4 is 11.9 Å². The van der Waals surface area contributed by atoms with Gasteiger partial charge in [0.15, 0.2) is 0 Å².